The third-order valence-electron chi connectivity index (χ3n) is 3.93. The van der Waals surface area contributed by atoms with E-state index in [1.54, 1.807) is 7.11 Å². The summed E-state index contributed by atoms with van der Waals surface area (Å²) in [6.45, 7) is 3.83. The van der Waals surface area contributed by atoms with Gasteiger partial charge in [0.2, 0.25) is 0 Å². The predicted octanol–water partition coefficient (Wildman–Crippen LogP) is 1.98. The topological polar surface area (TPSA) is 50.8 Å². The average Bonchev–Trinajstić information content (AvgIpc) is 3.06. The summed E-state index contributed by atoms with van der Waals surface area (Å²) < 4.78 is 11.0. The van der Waals surface area contributed by atoms with Gasteiger partial charge >= 0.3 is 0 Å². The summed E-state index contributed by atoms with van der Waals surface area (Å²) in [5.41, 5.74) is 1.02. The maximum atomic E-state index is 12.1. The summed E-state index contributed by atoms with van der Waals surface area (Å²) >= 11 is 0. The van der Waals surface area contributed by atoms with Gasteiger partial charge in [0.15, 0.2) is 6.61 Å². The molecule has 1 aliphatic heterocycles. The molecule has 1 saturated heterocycles. The molecule has 1 unspecified atom stereocenters. The number of benzene rings is 1. The van der Waals surface area contributed by atoms with Gasteiger partial charge in [-0.15, -0.1) is 0 Å². The largest absolute Gasteiger partial charge is 0.497 e. The van der Waals surface area contributed by atoms with Gasteiger partial charge in [-0.25, -0.2) is 0 Å². The number of carbonyl (C=O) groups is 1. The second kappa shape index (κ2) is 7.31. The van der Waals surface area contributed by atoms with Crippen LogP contribution in [0.15, 0.2) is 18.2 Å². The zero-order valence-electron chi connectivity index (χ0n) is 13.0. The number of methoxy groups -OCH3 is 1. The predicted molar refractivity (Wildman–Crippen MR) is 81.8 cm³/mol. The molecular formula is C16H24N2O3. The van der Waals surface area contributed by atoms with Crippen molar-refractivity contribution in [1.82, 2.24) is 10.2 Å². The highest BCUT2D eigenvalue weighted by Crippen LogP contribution is 2.29. The van der Waals surface area contributed by atoms with Crippen LogP contribution in [0.5, 0.6) is 11.5 Å². The molecule has 0 aromatic heterocycles. The first kappa shape index (κ1) is 15.6. The molecule has 0 bridgehead atoms. The lowest BCUT2D eigenvalue weighted by Gasteiger charge is -2.19. The van der Waals surface area contributed by atoms with E-state index in [1.165, 1.54) is 0 Å². The van der Waals surface area contributed by atoms with Gasteiger partial charge in [-0.1, -0.05) is 6.07 Å². The molecule has 1 heterocycles. The highest BCUT2D eigenvalue weighted by atomic mass is 16.5. The standard InChI is InChI=1S/C16H24N2O3/c1-12(17-2)14-7-6-13(20-3)10-15(14)21-11-16(19)18-8-4-5-9-18/h6-7,10,12,17H,4-5,8-9,11H2,1-3H3. The Morgan fingerprint density at radius 1 is 1.38 bits per heavy atom. The summed E-state index contributed by atoms with van der Waals surface area (Å²) in [6, 6.07) is 5.85. The lowest BCUT2D eigenvalue weighted by molar-refractivity contribution is -0.132. The molecule has 0 radical (unpaired) electrons. The van der Waals surface area contributed by atoms with E-state index in [-0.39, 0.29) is 18.6 Å². The minimum Gasteiger partial charge on any atom is -0.497 e. The maximum Gasteiger partial charge on any atom is 0.260 e. The van der Waals surface area contributed by atoms with Crippen LogP contribution in [-0.4, -0.2) is 44.7 Å². The second-order valence-electron chi connectivity index (χ2n) is 5.29. The number of carbonyl (C=O) groups excluding carboxylic acids is 1. The summed E-state index contributed by atoms with van der Waals surface area (Å²) in [6.07, 6.45) is 2.18. The summed E-state index contributed by atoms with van der Waals surface area (Å²) in [7, 11) is 3.52. The van der Waals surface area contributed by atoms with Crippen LogP contribution in [0.3, 0.4) is 0 Å². The minimum absolute atomic E-state index is 0.0541. The fourth-order valence-corrected chi connectivity index (χ4v) is 2.48. The van der Waals surface area contributed by atoms with Gasteiger partial charge in [-0.3, -0.25) is 4.79 Å². The molecule has 5 nitrogen and oxygen atoms in total. The van der Waals surface area contributed by atoms with Crippen molar-refractivity contribution < 1.29 is 14.3 Å². The van der Waals surface area contributed by atoms with Crippen molar-refractivity contribution in [2.75, 3.05) is 33.9 Å². The molecule has 2 rings (SSSR count). The molecular weight excluding hydrogens is 268 g/mol. The van der Waals surface area contributed by atoms with Gasteiger partial charge in [-0.2, -0.15) is 0 Å². The molecule has 1 atom stereocenters. The summed E-state index contributed by atoms with van der Waals surface area (Å²) in [4.78, 5) is 13.9. The normalized spacial score (nSPS) is 15.9. The zero-order chi connectivity index (χ0) is 15.2. The van der Waals surface area contributed by atoms with Crippen LogP contribution < -0.4 is 14.8 Å². The van der Waals surface area contributed by atoms with Crippen molar-refractivity contribution >= 4 is 5.91 Å². The van der Waals surface area contributed by atoms with Gasteiger partial charge in [0, 0.05) is 30.8 Å². The van der Waals surface area contributed by atoms with E-state index in [9.17, 15) is 4.79 Å². The molecule has 5 heteroatoms. The van der Waals surface area contributed by atoms with Crippen LogP contribution in [0.4, 0.5) is 0 Å². The van der Waals surface area contributed by atoms with Crippen LogP contribution in [-0.2, 0) is 4.79 Å². The number of likely N-dealkylation sites (tertiary alicyclic amines) is 1. The van der Waals surface area contributed by atoms with Gasteiger partial charge in [-0.05, 0) is 32.9 Å². The average molecular weight is 292 g/mol. The van der Waals surface area contributed by atoms with E-state index < -0.39 is 0 Å². The van der Waals surface area contributed by atoms with Crippen LogP contribution in [0.1, 0.15) is 31.4 Å². The molecule has 21 heavy (non-hydrogen) atoms. The highest BCUT2D eigenvalue weighted by molar-refractivity contribution is 5.78. The second-order valence-corrected chi connectivity index (χ2v) is 5.29. The van der Waals surface area contributed by atoms with Crippen molar-refractivity contribution in [2.24, 2.45) is 0 Å². The molecule has 0 spiro atoms. The molecule has 0 saturated carbocycles. The zero-order valence-corrected chi connectivity index (χ0v) is 13.0. The number of hydrogen-bond acceptors (Lipinski definition) is 4. The fourth-order valence-electron chi connectivity index (χ4n) is 2.48. The van der Waals surface area contributed by atoms with E-state index >= 15 is 0 Å². The number of amides is 1. The van der Waals surface area contributed by atoms with Gasteiger partial charge in [0.25, 0.3) is 5.91 Å². The lowest BCUT2D eigenvalue weighted by Crippen LogP contribution is -2.32. The quantitative estimate of drug-likeness (QED) is 0.871. The molecule has 0 aliphatic carbocycles. The first-order chi connectivity index (χ1) is 10.2. The van der Waals surface area contributed by atoms with Gasteiger partial charge < -0.3 is 19.7 Å². The first-order valence-electron chi connectivity index (χ1n) is 7.41. The number of rotatable bonds is 6. The van der Waals surface area contributed by atoms with E-state index in [2.05, 4.69) is 12.2 Å². The molecule has 1 aliphatic rings. The summed E-state index contributed by atoms with van der Waals surface area (Å²) in [5.74, 6) is 1.48. The molecule has 1 aromatic rings. The molecule has 1 amide bonds. The van der Waals surface area contributed by atoms with Crippen molar-refractivity contribution in [3.8, 4) is 11.5 Å². The van der Waals surface area contributed by atoms with Gasteiger partial charge in [0.1, 0.15) is 11.5 Å². The maximum absolute atomic E-state index is 12.1. The third kappa shape index (κ3) is 3.88. The Morgan fingerprint density at radius 2 is 2.10 bits per heavy atom. The summed E-state index contributed by atoms with van der Waals surface area (Å²) in [5, 5.41) is 3.19. The number of nitrogens with zero attached hydrogens (tertiary/aromatic N) is 1. The van der Waals surface area contributed by atoms with Crippen molar-refractivity contribution in [3.63, 3.8) is 0 Å². The highest BCUT2D eigenvalue weighted by Gasteiger charge is 2.19. The van der Waals surface area contributed by atoms with Crippen LogP contribution >= 0.6 is 0 Å². The lowest BCUT2D eigenvalue weighted by atomic mass is 10.1. The number of ether oxygens (including phenoxy) is 2. The van der Waals surface area contributed by atoms with Crippen LogP contribution in [0.2, 0.25) is 0 Å². The Balaban J connectivity index is 2.07. The van der Waals surface area contributed by atoms with E-state index in [1.807, 2.05) is 30.1 Å². The molecule has 1 N–H and O–H groups in total. The fraction of sp³-hybridized carbons (Fsp3) is 0.562. The van der Waals surface area contributed by atoms with Crippen molar-refractivity contribution in [1.29, 1.82) is 0 Å². The smallest absolute Gasteiger partial charge is 0.260 e. The Morgan fingerprint density at radius 3 is 2.71 bits per heavy atom. The minimum atomic E-state index is 0.0541. The van der Waals surface area contributed by atoms with E-state index in [0.717, 1.165) is 37.2 Å². The Kier molecular flexibility index (Phi) is 5.44. The Hall–Kier alpha value is -1.75. The van der Waals surface area contributed by atoms with E-state index in [0.29, 0.717) is 5.75 Å². The molecule has 116 valence electrons. The monoisotopic (exact) mass is 292 g/mol. The molecule has 1 aromatic carbocycles. The first-order valence-corrected chi connectivity index (χ1v) is 7.41. The SMILES string of the molecule is CNC(C)c1ccc(OC)cc1OCC(=O)N1CCCC1. The van der Waals surface area contributed by atoms with Crippen LogP contribution in [0, 0.1) is 0 Å². The van der Waals surface area contributed by atoms with Crippen LogP contribution in [0.25, 0.3) is 0 Å². The number of nitrogens with one attached hydrogen (secondary N) is 1. The Labute approximate surface area is 126 Å². The van der Waals surface area contributed by atoms with Crippen molar-refractivity contribution in [2.45, 2.75) is 25.8 Å². The Bertz CT molecular complexity index is 484. The number of hydrogen-bond donors (Lipinski definition) is 1. The van der Waals surface area contributed by atoms with Gasteiger partial charge in [0.05, 0.1) is 7.11 Å². The third-order valence-corrected chi connectivity index (χ3v) is 3.93. The van der Waals surface area contributed by atoms with Crippen molar-refractivity contribution in [3.05, 3.63) is 23.8 Å². The van der Waals surface area contributed by atoms with E-state index in [4.69, 9.17) is 9.47 Å². The molecule has 1 fully saturated rings.